The van der Waals surface area contributed by atoms with Crippen molar-refractivity contribution in [1.29, 1.82) is 0 Å². The lowest BCUT2D eigenvalue weighted by molar-refractivity contribution is -0.117. The molecule has 0 radical (unpaired) electrons. The molecular weight excluding hydrogens is 178 g/mol. The van der Waals surface area contributed by atoms with Crippen molar-refractivity contribution in [3.63, 3.8) is 0 Å². The van der Waals surface area contributed by atoms with Gasteiger partial charge in [-0.25, -0.2) is 0 Å². The van der Waals surface area contributed by atoms with E-state index in [1.54, 1.807) is 19.1 Å². The van der Waals surface area contributed by atoms with Crippen LogP contribution >= 0.6 is 0 Å². The maximum atomic E-state index is 11.1. The first-order valence-electron chi connectivity index (χ1n) is 4.81. The third-order valence-electron chi connectivity index (χ3n) is 1.96. The van der Waals surface area contributed by atoms with E-state index in [1.807, 2.05) is 19.9 Å². The molecule has 0 aliphatic heterocycles. The SMILES string of the molecule is CC=CC=CC(=O)NCC(C)(O)CC. The second kappa shape index (κ2) is 6.38. The lowest BCUT2D eigenvalue weighted by atomic mass is 10.0. The molecule has 3 nitrogen and oxygen atoms in total. The van der Waals surface area contributed by atoms with Crippen LogP contribution in [0.4, 0.5) is 0 Å². The van der Waals surface area contributed by atoms with Gasteiger partial charge in [-0.2, -0.15) is 0 Å². The van der Waals surface area contributed by atoms with Gasteiger partial charge in [-0.15, -0.1) is 0 Å². The fraction of sp³-hybridized carbons (Fsp3) is 0.545. The van der Waals surface area contributed by atoms with Crippen molar-refractivity contribution < 1.29 is 9.90 Å². The number of carbonyl (C=O) groups excluding carboxylic acids is 1. The largest absolute Gasteiger partial charge is 0.388 e. The standard InChI is InChI=1S/C11H19NO2/c1-4-6-7-8-10(13)12-9-11(3,14)5-2/h4,6-8,14H,5,9H2,1-3H3,(H,12,13). The van der Waals surface area contributed by atoms with Crippen LogP contribution in [-0.4, -0.2) is 23.2 Å². The minimum atomic E-state index is -0.815. The Morgan fingerprint density at radius 1 is 1.50 bits per heavy atom. The molecule has 0 aliphatic carbocycles. The van der Waals surface area contributed by atoms with Crippen molar-refractivity contribution in [3.8, 4) is 0 Å². The van der Waals surface area contributed by atoms with Gasteiger partial charge in [0.05, 0.1) is 5.60 Å². The number of aliphatic hydroxyl groups is 1. The molecule has 3 heteroatoms. The highest BCUT2D eigenvalue weighted by molar-refractivity contribution is 5.87. The zero-order chi connectivity index (χ0) is 11.0. The summed E-state index contributed by atoms with van der Waals surface area (Å²) in [7, 11) is 0. The maximum Gasteiger partial charge on any atom is 0.244 e. The summed E-state index contributed by atoms with van der Waals surface area (Å²) in [6, 6.07) is 0. The minimum absolute atomic E-state index is 0.183. The molecule has 0 saturated carbocycles. The van der Waals surface area contributed by atoms with Crippen LogP contribution < -0.4 is 5.32 Å². The van der Waals surface area contributed by atoms with E-state index >= 15 is 0 Å². The molecule has 80 valence electrons. The van der Waals surface area contributed by atoms with Crippen molar-refractivity contribution in [2.24, 2.45) is 0 Å². The first-order valence-corrected chi connectivity index (χ1v) is 4.81. The highest BCUT2D eigenvalue weighted by Crippen LogP contribution is 2.05. The quantitative estimate of drug-likeness (QED) is 0.517. The zero-order valence-electron chi connectivity index (χ0n) is 9.08. The Balaban J connectivity index is 3.85. The van der Waals surface area contributed by atoms with E-state index < -0.39 is 5.60 Å². The number of nitrogens with one attached hydrogen (secondary N) is 1. The molecule has 0 spiro atoms. The van der Waals surface area contributed by atoms with Crippen molar-refractivity contribution in [1.82, 2.24) is 5.32 Å². The first kappa shape index (κ1) is 12.9. The van der Waals surface area contributed by atoms with Gasteiger partial charge in [-0.05, 0) is 20.3 Å². The topological polar surface area (TPSA) is 49.3 Å². The van der Waals surface area contributed by atoms with Crippen molar-refractivity contribution >= 4 is 5.91 Å². The van der Waals surface area contributed by atoms with Crippen LogP contribution in [0, 0.1) is 0 Å². The molecule has 0 fully saturated rings. The molecule has 0 heterocycles. The van der Waals surface area contributed by atoms with E-state index in [0.717, 1.165) is 0 Å². The van der Waals surface area contributed by atoms with Crippen molar-refractivity contribution in [2.75, 3.05) is 6.54 Å². The van der Waals surface area contributed by atoms with Crippen molar-refractivity contribution in [2.45, 2.75) is 32.8 Å². The van der Waals surface area contributed by atoms with Gasteiger partial charge in [0.1, 0.15) is 0 Å². The second-order valence-electron chi connectivity index (χ2n) is 3.45. The molecule has 1 unspecified atom stereocenters. The summed E-state index contributed by atoms with van der Waals surface area (Å²) < 4.78 is 0. The number of allylic oxidation sites excluding steroid dienone is 3. The van der Waals surface area contributed by atoms with E-state index in [2.05, 4.69) is 5.32 Å². The fourth-order valence-corrected chi connectivity index (χ4v) is 0.716. The van der Waals surface area contributed by atoms with Crippen LogP contribution in [-0.2, 0) is 4.79 Å². The van der Waals surface area contributed by atoms with Gasteiger partial charge in [0, 0.05) is 12.6 Å². The first-order chi connectivity index (χ1) is 6.52. The van der Waals surface area contributed by atoms with Gasteiger partial charge in [0.25, 0.3) is 0 Å². The highest BCUT2D eigenvalue weighted by Gasteiger charge is 2.17. The van der Waals surface area contributed by atoms with Gasteiger partial charge in [-0.1, -0.05) is 25.2 Å². The molecule has 0 aromatic rings. The average molecular weight is 197 g/mol. The molecule has 0 aromatic heterocycles. The second-order valence-corrected chi connectivity index (χ2v) is 3.45. The average Bonchev–Trinajstić information content (AvgIpc) is 2.16. The summed E-state index contributed by atoms with van der Waals surface area (Å²) >= 11 is 0. The lowest BCUT2D eigenvalue weighted by Gasteiger charge is -2.20. The Morgan fingerprint density at radius 2 is 2.14 bits per heavy atom. The highest BCUT2D eigenvalue weighted by atomic mass is 16.3. The van der Waals surface area contributed by atoms with Crippen LogP contribution in [0.15, 0.2) is 24.3 Å². The van der Waals surface area contributed by atoms with Crippen LogP contribution in [0.2, 0.25) is 0 Å². The summed E-state index contributed by atoms with van der Waals surface area (Å²) in [6.45, 7) is 5.73. The van der Waals surface area contributed by atoms with Gasteiger partial charge in [-0.3, -0.25) is 4.79 Å². The van der Waals surface area contributed by atoms with Crippen molar-refractivity contribution in [3.05, 3.63) is 24.3 Å². The summed E-state index contributed by atoms with van der Waals surface area (Å²) in [6.07, 6.45) is 7.33. The molecule has 14 heavy (non-hydrogen) atoms. The smallest absolute Gasteiger partial charge is 0.244 e. The Bertz CT molecular complexity index is 229. The molecule has 2 N–H and O–H groups in total. The molecule has 1 amide bonds. The fourth-order valence-electron chi connectivity index (χ4n) is 0.716. The van der Waals surface area contributed by atoms with E-state index in [9.17, 15) is 9.90 Å². The van der Waals surface area contributed by atoms with Crippen LogP contribution in [0.5, 0.6) is 0 Å². The zero-order valence-corrected chi connectivity index (χ0v) is 9.08. The van der Waals surface area contributed by atoms with Crippen LogP contribution in [0.1, 0.15) is 27.2 Å². The summed E-state index contributed by atoms with van der Waals surface area (Å²) in [5.41, 5.74) is -0.815. The summed E-state index contributed by atoms with van der Waals surface area (Å²) in [5, 5.41) is 12.2. The molecule has 1 atom stereocenters. The third-order valence-corrected chi connectivity index (χ3v) is 1.96. The predicted octanol–water partition coefficient (Wildman–Crippen LogP) is 1.40. The molecular formula is C11H19NO2. The Kier molecular flexibility index (Phi) is 5.88. The van der Waals surface area contributed by atoms with Gasteiger partial charge < -0.3 is 10.4 Å². The Labute approximate surface area is 85.5 Å². The Hall–Kier alpha value is -1.09. The number of hydrogen-bond donors (Lipinski definition) is 2. The van der Waals surface area contributed by atoms with E-state index in [1.165, 1.54) is 6.08 Å². The van der Waals surface area contributed by atoms with E-state index in [-0.39, 0.29) is 12.5 Å². The number of carbonyl (C=O) groups is 1. The van der Waals surface area contributed by atoms with Gasteiger partial charge >= 0.3 is 0 Å². The normalized spacial score (nSPS) is 16.0. The number of hydrogen-bond acceptors (Lipinski definition) is 2. The predicted molar refractivity (Wildman–Crippen MR) is 57.9 cm³/mol. The molecule has 0 saturated heterocycles. The van der Waals surface area contributed by atoms with E-state index in [4.69, 9.17) is 0 Å². The van der Waals surface area contributed by atoms with Gasteiger partial charge in [0.2, 0.25) is 5.91 Å². The summed E-state index contributed by atoms with van der Waals surface area (Å²) in [4.78, 5) is 11.1. The molecule has 0 aliphatic rings. The van der Waals surface area contributed by atoms with Crippen LogP contribution in [0.25, 0.3) is 0 Å². The monoisotopic (exact) mass is 197 g/mol. The maximum absolute atomic E-state index is 11.1. The summed E-state index contributed by atoms with van der Waals surface area (Å²) in [5.74, 6) is -0.183. The molecule has 0 bridgehead atoms. The molecule has 0 aromatic carbocycles. The minimum Gasteiger partial charge on any atom is -0.388 e. The molecule has 0 rings (SSSR count). The van der Waals surface area contributed by atoms with Gasteiger partial charge in [0.15, 0.2) is 0 Å². The van der Waals surface area contributed by atoms with Crippen LogP contribution in [0.3, 0.4) is 0 Å². The third kappa shape index (κ3) is 6.43. The lowest BCUT2D eigenvalue weighted by Crippen LogP contribution is -2.39. The number of amides is 1. The number of rotatable bonds is 5. The Morgan fingerprint density at radius 3 is 2.64 bits per heavy atom. The van der Waals surface area contributed by atoms with E-state index in [0.29, 0.717) is 6.42 Å².